The fourth-order valence-electron chi connectivity index (χ4n) is 3.27. The summed E-state index contributed by atoms with van der Waals surface area (Å²) in [5.41, 5.74) is 10.6. The highest BCUT2D eigenvalue weighted by molar-refractivity contribution is 7.19. The number of rotatable bonds is 7. The lowest BCUT2D eigenvalue weighted by molar-refractivity contribution is -0.119. The number of aromatic nitrogens is 1. The molecular weight excluding hydrogens is 434 g/mol. The molecule has 0 fully saturated rings. The van der Waals surface area contributed by atoms with E-state index in [1.54, 1.807) is 24.3 Å². The molecule has 0 unspecified atom stereocenters. The standard InChI is InChI=1S/C26H23N3O3S/c1-16-7-11-18(12-8-16)23-24(19-13-9-17(2)10-14-19)33-26(28-23)29-25(31)20-5-3-4-6-21(20)32-15-22(27)30/h3-14H,15H2,1-2H3,(H2,27,30)(H,28,29,31). The number of anilines is 1. The molecule has 0 atom stereocenters. The average Bonchev–Trinajstić information content (AvgIpc) is 3.22. The van der Waals surface area contributed by atoms with Crippen LogP contribution in [0.4, 0.5) is 5.13 Å². The van der Waals surface area contributed by atoms with E-state index in [0.29, 0.717) is 10.7 Å². The van der Waals surface area contributed by atoms with Crippen molar-refractivity contribution in [2.75, 3.05) is 11.9 Å². The molecule has 0 radical (unpaired) electrons. The number of amides is 2. The number of carbonyl (C=O) groups is 2. The van der Waals surface area contributed by atoms with E-state index in [-0.39, 0.29) is 18.3 Å². The SMILES string of the molecule is Cc1ccc(-c2nc(NC(=O)c3ccccc3OCC(N)=O)sc2-c2ccc(C)cc2)cc1. The van der Waals surface area contributed by atoms with Gasteiger partial charge in [0, 0.05) is 5.56 Å². The Balaban J connectivity index is 1.68. The molecule has 2 amide bonds. The van der Waals surface area contributed by atoms with Crippen LogP contribution in [0.25, 0.3) is 21.7 Å². The van der Waals surface area contributed by atoms with E-state index in [9.17, 15) is 9.59 Å². The molecule has 0 aliphatic carbocycles. The van der Waals surface area contributed by atoms with Crippen LogP contribution in [0.15, 0.2) is 72.8 Å². The Bertz CT molecular complexity index is 1230. The van der Waals surface area contributed by atoms with E-state index >= 15 is 0 Å². The van der Waals surface area contributed by atoms with Crippen molar-refractivity contribution in [3.8, 4) is 27.4 Å². The van der Waals surface area contributed by atoms with Crippen molar-refractivity contribution >= 4 is 28.3 Å². The summed E-state index contributed by atoms with van der Waals surface area (Å²) in [7, 11) is 0. The first-order valence-corrected chi connectivity index (χ1v) is 11.2. The van der Waals surface area contributed by atoms with Crippen molar-refractivity contribution in [2.45, 2.75) is 13.8 Å². The lowest BCUT2D eigenvalue weighted by Gasteiger charge is -2.09. The number of primary amides is 1. The number of para-hydroxylation sites is 1. The Morgan fingerprint density at radius 1 is 0.909 bits per heavy atom. The van der Waals surface area contributed by atoms with Gasteiger partial charge >= 0.3 is 0 Å². The second-order valence-electron chi connectivity index (χ2n) is 7.63. The third-order valence-electron chi connectivity index (χ3n) is 4.99. The third-order valence-corrected chi connectivity index (χ3v) is 6.01. The van der Waals surface area contributed by atoms with Crippen molar-refractivity contribution in [3.05, 3.63) is 89.5 Å². The summed E-state index contributed by atoms with van der Waals surface area (Å²) in [6, 6.07) is 23.0. The molecule has 4 aromatic rings. The zero-order chi connectivity index (χ0) is 23.4. The number of aryl methyl sites for hydroxylation is 2. The number of benzene rings is 3. The molecule has 6 nitrogen and oxygen atoms in total. The normalized spacial score (nSPS) is 10.6. The maximum atomic E-state index is 13.0. The van der Waals surface area contributed by atoms with E-state index in [0.717, 1.165) is 27.3 Å². The first kappa shape index (κ1) is 22.2. The molecule has 0 saturated carbocycles. The van der Waals surface area contributed by atoms with Gasteiger partial charge in [-0.05, 0) is 31.5 Å². The van der Waals surface area contributed by atoms with Crippen LogP contribution in [0.5, 0.6) is 5.75 Å². The number of ether oxygens (including phenoxy) is 1. The maximum absolute atomic E-state index is 13.0. The molecule has 3 N–H and O–H groups in total. The fraction of sp³-hybridized carbons (Fsp3) is 0.115. The van der Waals surface area contributed by atoms with Crippen LogP contribution >= 0.6 is 11.3 Å². The van der Waals surface area contributed by atoms with Crippen LogP contribution in [0, 0.1) is 13.8 Å². The molecular formula is C26H23N3O3S. The highest BCUT2D eigenvalue weighted by Crippen LogP contribution is 2.39. The minimum atomic E-state index is -0.615. The molecule has 0 aliphatic heterocycles. The topological polar surface area (TPSA) is 94.3 Å². The van der Waals surface area contributed by atoms with Crippen LogP contribution < -0.4 is 15.8 Å². The minimum absolute atomic E-state index is 0.280. The molecule has 1 heterocycles. The van der Waals surface area contributed by atoms with Gasteiger partial charge in [0.15, 0.2) is 11.7 Å². The second kappa shape index (κ2) is 9.67. The lowest BCUT2D eigenvalue weighted by Crippen LogP contribution is -2.21. The van der Waals surface area contributed by atoms with Gasteiger partial charge in [0.25, 0.3) is 11.8 Å². The van der Waals surface area contributed by atoms with Crippen LogP contribution in [0.3, 0.4) is 0 Å². The van der Waals surface area contributed by atoms with Crippen molar-refractivity contribution in [1.29, 1.82) is 0 Å². The summed E-state index contributed by atoms with van der Waals surface area (Å²) in [4.78, 5) is 29.8. The summed E-state index contributed by atoms with van der Waals surface area (Å²) < 4.78 is 5.39. The van der Waals surface area contributed by atoms with Crippen molar-refractivity contribution in [3.63, 3.8) is 0 Å². The molecule has 33 heavy (non-hydrogen) atoms. The first-order chi connectivity index (χ1) is 15.9. The summed E-state index contributed by atoms with van der Waals surface area (Å²) in [6.45, 7) is 3.77. The highest BCUT2D eigenvalue weighted by Gasteiger charge is 2.19. The lowest BCUT2D eigenvalue weighted by atomic mass is 10.0. The van der Waals surface area contributed by atoms with Crippen LogP contribution in [0.1, 0.15) is 21.5 Å². The molecule has 1 aromatic heterocycles. The van der Waals surface area contributed by atoms with E-state index in [1.807, 2.05) is 38.1 Å². The average molecular weight is 458 g/mol. The monoisotopic (exact) mass is 457 g/mol. The highest BCUT2D eigenvalue weighted by atomic mass is 32.1. The van der Waals surface area contributed by atoms with E-state index < -0.39 is 5.91 Å². The number of carbonyl (C=O) groups excluding carboxylic acids is 2. The van der Waals surface area contributed by atoms with Gasteiger partial charge in [-0.25, -0.2) is 4.98 Å². The van der Waals surface area contributed by atoms with E-state index in [1.165, 1.54) is 16.9 Å². The van der Waals surface area contributed by atoms with Gasteiger partial charge in [0.2, 0.25) is 0 Å². The molecule has 0 bridgehead atoms. The predicted molar refractivity (Wildman–Crippen MR) is 132 cm³/mol. The van der Waals surface area contributed by atoms with Gasteiger partial charge in [0.05, 0.1) is 16.1 Å². The van der Waals surface area contributed by atoms with Gasteiger partial charge in [0.1, 0.15) is 5.75 Å². The van der Waals surface area contributed by atoms with E-state index in [4.69, 9.17) is 15.5 Å². The molecule has 0 aliphatic rings. The van der Waals surface area contributed by atoms with Crippen LogP contribution in [0.2, 0.25) is 0 Å². The van der Waals surface area contributed by atoms with Crippen molar-refractivity contribution in [1.82, 2.24) is 4.98 Å². The molecule has 7 heteroatoms. The van der Waals surface area contributed by atoms with Crippen LogP contribution in [-0.4, -0.2) is 23.4 Å². The minimum Gasteiger partial charge on any atom is -0.483 e. The number of hydrogen-bond acceptors (Lipinski definition) is 5. The number of thiazole rings is 1. The van der Waals surface area contributed by atoms with Gasteiger partial charge in [-0.15, -0.1) is 0 Å². The van der Waals surface area contributed by atoms with E-state index in [2.05, 4.69) is 29.6 Å². The zero-order valence-electron chi connectivity index (χ0n) is 18.3. The molecule has 3 aromatic carbocycles. The summed E-state index contributed by atoms with van der Waals surface area (Å²) in [6.07, 6.45) is 0. The van der Waals surface area contributed by atoms with Crippen molar-refractivity contribution in [2.24, 2.45) is 5.73 Å². The summed E-state index contributed by atoms with van der Waals surface area (Å²) in [5.74, 6) is -0.715. The maximum Gasteiger partial charge on any atom is 0.261 e. The van der Waals surface area contributed by atoms with Gasteiger partial charge in [-0.3, -0.25) is 14.9 Å². The predicted octanol–water partition coefficient (Wildman–Crippen LogP) is 5.21. The Hall–Kier alpha value is -3.97. The summed E-state index contributed by atoms with van der Waals surface area (Å²) in [5, 5.41) is 3.35. The molecule has 0 saturated heterocycles. The first-order valence-electron chi connectivity index (χ1n) is 10.4. The van der Waals surface area contributed by atoms with Gasteiger partial charge < -0.3 is 10.5 Å². The smallest absolute Gasteiger partial charge is 0.261 e. The van der Waals surface area contributed by atoms with Gasteiger partial charge in [-0.2, -0.15) is 0 Å². The van der Waals surface area contributed by atoms with Gasteiger partial charge in [-0.1, -0.05) is 83.1 Å². The Morgan fingerprint density at radius 2 is 1.52 bits per heavy atom. The fourth-order valence-corrected chi connectivity index (χ4v) is 4.26. The second-order valence-corrected chi connectivity index (χ2v) is 8.63. The third kappa shape index (κ3) is 5.27. The number of nitrogens with two attached hydrogens (primary N) is 1. The number of nitrogens with one attached hydrogen (secondary N) is 1. The summed E-state index contributed by atoms with van der Waals surface area (Å²) >= 11 is 1.41. The molecule has 166 valence electrons. The molecule has 0 spiro atoms. The molecule has 4 rings (SSSR count). The Kier molecular flexibility index (Phi) is 6.51. The zero-order valence-corrected chi connectivity index (χ0v) is 19.1. The Morgan fingerprint density at radius 3 is 2.15 bits per heavy atom. The number of nitrogens with zero attached hydrogens (tertiary/aromatic N) is 1. The Labute approximate surface area is 196 Å². The largest absolute Gasteiger partial charge is 0.483 e. The quantitative estimate of drug-likeness (QED) is 0.398. The number of hydrogen-bond donors (Lipinski definition) is 2. The van der Waals surface area contributed by atoms with Crippen LogP contribution in [-0.2, 0) is 4.79 Å². The van der Waals surface area contributed by atoms with Crippen molar-refractivity contribution < 1.29 is 14.3 Å².